The molecule has 0 aromatic heterocycles. The van der Waals surface area contributed by atoms with Crippen molar-refractivity contribution in [2.24, 2.45) is 5.92 Å². The Balaban J connectivity index is 1.79. The minimum absolute atomic E-state index is 0.166. The molecule has 0 saturated carbocycles. The smallest absolute Gasteiger partial charge is 0.319 e. The maximum atomic E-state index is 13.1. The lowest BCUT2D eigenvalue weighted by molar-refractivity contribution is -0.142. The standard InChI is InChI=1S/C15H20FNO2/c1-19-15(18)11-17-7-5-12(6-8-17)9-13-3-2-4-14(16)10-13/h2-4,10,12H,5-9,11H2,1H3. The molecule has 0 aliphatic carbocycles. The number of methoxy groups -OCH3 is 1. The number of nitrogens with zero attached hydrogens (tertiary/aromatic N) is 1. The monoisotopic (exact) mass is 265 g/mol. The van der Waals surface area contributed by atoms with Crippen molar-refractivity contribution in [1.29, 1.82) is 0 Å². The van der Waals surface area contributed by atoms with Gasteiger partial charge in [0.15, 0.2) is 0 Å². The number of piperidine rings is 1. The van der Waals surface area contributed by atoms with Gasteiger partial charge in [-0.1, -0.05) is 12.1 Å². The van der Waals surface area contributed by atoms with Crippen molar-refractivity contribution >= 4 is 5.97 Å². The fraction of sp³-hybridized carbons (Fsp3) is 0.533. The van der Waals surface area contributed by atoms with Gasteiger partial charge in [0.25, 0.3) is 0 Å². The molecular weight excluding hydrogens is 245 g/mol. The van der Waals surface area contributed by atoms with Gasteiger partial charge in [-0.25, -0.2) is 4.39 Å². The SMILES string of the molecule is COC(=O)CN1CCC(Cc2cccc(F)c2)CC1. The van der Waals surface area contributed by atoms with E-state index in [9.17, 15) is 9.18 Å². The summed E-state index contributed by atoms with van der Waals surface area (Å²) in [5.41, 5.74) is 1.06. The van der Waals surface area contributed by atoms with E-state index in [1.165, 1.54) is 13.2 Å². The summed E-state index contributed by atoms with van der Waals surface area (Å²) in [7, 11) is 1.42. The largest absolute Gasteiger partial charge is 0.468 e. The zero-order valence-electron chi connectivity index (χ0n) is 11.3. The quantitative estimate of drug-likeness (QED) is 0.782. The number of rotatable bonds is 4. The summed E-state index contributed by atoms with van der Waals surface area (Å²) in [4.78, 5) is 13.3. The van der Waals surface area contributed by atoms with Crippen molar-refractivity contribution < 1.29 is 13.9 Å². The summed E-state index contributed by atoms with van der Waals surface area (Å²) >= 11 is 0. The molecule has 1 fully saturated rings. The molecule has 0 unspecified atom stereocenters. The topological polar surface area (TPSA) is 29.5 Å². The van der Waals surface area contributed by atoms with Crippen LogP contribution in [0.1, 0.15) is 18.4 Å². The second-order valence-electron chi connectivity index (χ2n) is 5.13. The Morgan fingerprint density at radius 1 is 1.42 bits per heavy atom. The van der Waals surface area contributed by atoms with Gasteiger partial charge in [0.1, 0.15) is 5.82 Å². The van der Waals surface area contributed by atoms with Gasteiger partial charge in [0.2, 0.25) is 0 Å². The number of hydrogen-bond donors (Lipinski definition) is 0. The second-order valence-corrected chi connectivity index (χ2v) is 5.13. The summed E-state index contributed by atoms with van der Waals surface area (Å²) in [6, 6.07) is 6.82. The van der Waals surface area contributed by atoms with E-state index in [0.29, 0.717) is 12.5 Å². The van der Waals surface area contributed by atoms with Gasteiger partial charge in [0, 0.05) is 0 Å². The Morgan fingerprint density at radius 2 is 2.16 bits per heavy atom. The van der Waals surface area contributed by atoms with Crippen molar-refractivity contribution in [2.75, 3.05) is 26.7 Å². The van der Waals surface area contributed by atoms with Crippen molar-refractivity contribution in [3.8, 4) is 0 Å². The normalized spacial score (nSPS) is 17.4. The molecule has 0 radical (unpaired) electrons. The summed E-state index contributed by atoms with van der Waals surface area (Å²) in [5.74, 6) is 0.236. The summed E-state index contributed by atoms with van der Waals surface area (Å²) in [5, 5.41) is 0. The highest BCUT2D eigenvalue weighted by atomic mass is 19.1. The fourth-order valence-corrected chi connectivity index (χ4v) is 2.59. The molecule has 1 saturated heterocycles. The van der Waals surface area contributed by atoms with Crippen molar-refractivity contribution in [2.45, 2.75) is 19.3 Å². The van der Waals surface area contributed by atoms with E-state index in [0.717, 1.165) is 37.9 Å². The third-order valence-corrected chi connectivity index (χ3v) is 3.70. The van der Waals surface area contributed by atoms with E-state index in [4.69, 9.17) is 0 Å². The van der Waals surface area contributed by atoms with Gasteiger partial charge in [-0.15, -0.1) is 0 Å². The van der Waals surface area contributed by atoms with Crippen LogP contribution in [0.4, 0.5) is 4.39 Å². The molecule has 1 heterocycles. The van der Waals surface area contributed by atoms with Crippen molar-refractivity contribution in [1.82, 2.24) is 4.90 Å². The highest BCUT2D eigenvalue weighted by molar-refractivity contribution is 5.71. The van der Waals surface area contributed by atoms with E-state index in [2.05, 4.69) is 9.64 Å². The van der Waals surface area contributed by atoms with E-state index in [1.807, 2.05) is 6.07 Å². The molecule has 1 aliphatic heterocycles. The van der Waals surface area contributed by atoms with Gasteiger partial charge in [-0.05, 0) is 56.0 Å². The average Bonchev–Trinajstić information content (AvgIpc) is 2.41. The van der Waals surface area contributed by atoms with Crippen molar-refractivity contribution in [3.63, 3.8) is 0 Å². The van der Waals surface area contributed by atoms with E-state index in [1.54, 1.807) is 12.1 Å². The molecule has 0 bridgehead atoms. The number of halogens is 1. The van der Waals surface area contributed by atoms with Gasteiger partial charge < -0.3 is 4.74 Å². The first kappa shape index (κ1) is 14.0. The summed E-state index contributed by atoms with van der Waals surface area (Å²) in [6.07, 6.45) is 3.02. The number of carbonyl (C=O) groups is 1. The second kappa shape index (κ2) is 6.66. The van der Waals surface area contributed by atoms with Crippen molar-refractivity contribution in [3.05, 3.63) is 35.6 Å². The highest BCUT2D eigenvalue weighted by Crippen LogP contribution is 2.21. The first-order valence-electron chi connectivity index (χ1n) is 6.71. The number of ether oxygens (including phenoxy) is 1. The minimum Gasteiger partial charge on any atom is -0.468 e. The van der Waals surface area contributed by atoms with E-state index < -0.39 is 0 Å². The molecule has 3 nitrogen and oxygen atoms in total. The lowest BCUT2D eigenvalue weighted by Gasteiger charge is -2.31. The molecule has 0 atom stereocenters. The van der Waals surface area contributed by atoms with Gasteiger partial charge in [-0.3, -0.25) is 9.69 Å². The maximum absolute atomic E-state index is 13.1. The van der Waals surface area contributed by atoms with Crippen LogP contribution in [0.3, 0.4) is 0 Å². The lowest BCUT2D eigenvalue weighted by atomic mass is 9.90. The van der Waals surface area contributed by atoms with Crippen LogP contribution < -0.4 is 0 Å². The maximum Gasteiger partial charge on any atom is 0.319 e. The van der Waals surface area contributed by atoms with Crippen LogP contribution in [0.2, 0.25) is 0 Å². The van der Waals surface area contributed by atoms with Crippen LogP contribution >= 0.6 is 0 Å². The van der Waals surface area contributed by atoms with Gasteiger partial charge in [-0.2, -0.15) is 0 Å². The molecule has 104 valence electrons. The first-order valence-corrected chi connectivity index (χ1v) is 6.71. The first-order chi connectivity index (χ1) is 9.17. The average molecular weight is 265 g/mol. The number of benzene rings is 1. The van der Waals surface area contributed by atoms with Crippen LogP contribution in [-0.2, 0) is 16.0 Å². The Hall–Kier alpha value is -1.42. The van der Waals surface area contributed by atoms with Gasteiger partial charge in [0.05, 0.1) is 13.7 Å². The zero-order valence-corrected chi connectivity index (χ0v) is 11.3. The number of carbonyl (C=O) groups excluding carboxylic acids is 1. The molecule has 0 N–H and O–H groups in total. The summed E-state index contributed by atoms with van der Waals surface area (Å²) < 4.78 is 17.8. The fourth-order valence-electron chi connectivity index (χ4n) is 2.59. The summed E-state index contributed by atoms with van der Waals surface area (Å²) in [6.45, 7) is 2.20. The Bertz CT molecular complexity index is 428. The molecule has 0 spiro atoms. The highest BCUT2D eigenvalue weighted by Gasteiger charge is 2.21. The number of hydrogen-bond acceptors (Lipinski definition) is 3. The van der Waals surface area contributed by atoms with Crippen LogP contribution in [0.5, 0.6) is 0 Å². The Labute approximate surface area is 113 Å². The molecular formula is C15H20FNO2. The third-order valence-electron chi connectivity index (χ3n) is 3.70. The molecule has 19 heavy (non-hydrogen) atoms. The van der Waals surface area contributed by atoms with E-state index >= 15 is 0 Å². The molecule has 4 heteroatoms. The van der Waals surface area contributed by atoms with Crippen LogP contribution in [-0.4, -0.2) is 37.6 Å². The van der Waals surface area contributed by atoms with Crippen LogP contribution in [0.15, 0.2) is 24.3 Å². The predicted octanol–water partition coefficient (Wildman–Crippen LogP) is 2.25. The molecule has 1 aliphatic rings. The third kappa shape index (κ3) is 4.31. The molecule has 1 aromatic carbocycles. The molecule has 0 amide bonds. The lowest BCUT2D eigenvalue weighted by Crippen LogP contribution is -2.38. The number of likely N-dealkylation sites (tertiary alicyclic amines) is 1. The zero-order chi connectivity index (χ0) is 13.7. The van der Waals surface area contributed by atoms with E-state index in [-0.39, 0.29) is 11.8 Å². The van der Waals surface area contributed by atoms with Crippen LogP contribution in [0, 0.1) is 11.7 Å². The van der Waals surface area contributed by atoms with Crippen LogP contribution in [0.25, 0.3) is 0 Å². The molecule has 1 aromatic rings. The van der Waals surface area contributed by atoms with Gasteiger partial charge >= 0.3 is 5.97 Å². The Morgan fingerprint density at radius 3 is 2.79 bits per heavy atom. The predicted molar refractivity (Wildman–Crippen MR) is 71.3 cm³/mol. The number of esters is 1. The molecule has 2 rings (SSSR count). The Kier molecular flexibility index (Phi) is 4.91. The minimum atomic E-state index is -0.177.